The highest BCUT2D eigenvalue weighted by atomic mass is 16.5. The highest BCUT2D eigenvalue weighted by Gasteiger charge is 2.30. The van der Waals surface area contributed by atoms with Crippen LogP contribution in [0.15, 0.2) is 60.7 Å². The summed E-state index contributed by atoms with van der Waals surface area (Å²) in [5.74, 6) is -1.14. The summed E-state index contributed by atoms with van der Waals surface area (Å²) in [5.41, 5.74) is 1.07. The molecule has 0 aliphatic carbocycles. The second kappa shape index (κ2) is 8.10. The van der Waals surface area contributed by atoms with E-state index in [9.17, 15) is 14.7 Å². The van der Waals surface area contributed by atoms with Crippen molar-refractivity contribution >= 4 is 11.9 Å². The van der Waals surface area contributed by atoms with Crippen molar-refractivity contribution in [3.05, 3.63) is 71.8 Å². The molecule has 0 aromatic heterocycles. The van der Waals surface area contributed by atoms with Gasteiger partial charge in [-0.25, -0.2) is 4.79 Å². The van der Waals surface area contributed by atoms with Crippen molar-refractivity contribution in [2.24, 2.45) is 0 Å². The average molecular weight is 313 g/mol. The predicted molar refractivity (Wildman–Crippen MR) is 85.7 cm³/mol. The Kier molecular flexibility index (Phi) is 5.88. The summed E-state index contributed by atoms with van der Waals surface area (Å²) in [6, 6.07) is 16.6. The minimum atomic E-state index is -1.48. The molecule has 0 fully saturated rings. The molecule has 2 atom stereocenters. The van der Waals surface area contributed by atoms with Crippen LogP contribution in [0.2, 0.25) is 0 Å². The molecule has 5 nitrogen and oxygen atoms in total. The van der Waals surface area contributed by atoms with Crippen LogP contribution in [0.1, 0.15) is 28.9 Å². The predicted octanol–water partition coefficient (Wildman–Crippen LogP) is 2.08. The van der Waals surface area contributed by atoms with E-state index in [2.05, 4.69) is 5.32 Å². The number of esters is 1. The number of carbonyl (C=O) groups excluding carboxylic acids is 2. The first-order valence-electron chi connectivity index (χ1n) is 7.39. The summed E-state index contributed by atoms with van der Waals surface area (Å²) in [6.07, 6.45) is -1.48. The van der Waals surface area contributed by atoms with Crippen LogP contribution in [0.5, 0.6) is 0 Å². The van der Waals surface area contributed by atoms with Gasteiger partial charge in [0.15, 0.2) is 6.10 Å². The van der Waals surface area contributed by atoms with E-state index in [0.29, 0.717) is 11.1 Å². The van der Waals surface area contributed by atoms with Crippen molar-refractivity contribution in [3.8, 4) is 0 Å². The summed E-state index contributed by atoms with van der Waals surface area (Å²) >= 11 is 0. The number of hydrogen-bond donors (Lipinski definition) is 2. The normalized spacial score (nSPS) is 13.0. The topological polar surface area (TPSA) is 75.6 Å². The number of amides is 1. The van der Waals surface area contributed by atoms with Crippen LogP contribution in [-0.2, 0) is 9.53 Å². The van der Waals surface area contributed by atoms with Gasteiger partial charge in [0.2, 0.25) is 0 Å². The minimum Gasteiger partial charge on any atom is -0.464 e. The zero-order chi connectivity index (χ0) is 16.7. The third-order valence-corrected chi connectivity index (χ3v) is 3.33. The van der Waals surface area contributed by atoms with Crippen molar-refractivity contribution in [1.29, 1.82) is 0 Å². The maximum atomic E-state index is 12.3. The molecule has 5 heteroatoms. The number of aliphatic hydroxyl groups is 1. The number of nitrogens with one attached hydrogen (secondary N) is 1. The van der Waals surface area contributed by atoms with Crippen LogP contribution in [0, 0.1) is 0 Å². The van der Waals surface area contributed by atoms with Crippen LogP contribution in [0.25, 0.3) is 0 Å². The molecule has 0 radical (unpaired) electrons. The Morgan fingerprint density at radius 2 is 1.61 bits per heavy atom. The molecule has 2 rings (SSSR count). The largest absolute Gasteiger partial charge is 0.464 e. The standard InChI is InChI=1S/C18H19NO4/c1-2-23-18(22)16(20)15(13-9-5-3-6-10-13)19-17(21)14-11-7-4-8-12-14/h3-12,15-16,20H,2H2,1H3,(H,19,21)/t15?,16-/m0/s1. The lowest BCUT2D eigenvalue weighted by Gasteiger charge is -2.23. The Morgan fingerprint density at radius 3 is 2.17 bits per heavy atom. The van der Waals surface area contributed by atoms with E-state index in [1.165, 1.54) is 0 Å². The van der Waals surface area contributed by atoms with Crippen molar-refractivity contribution in [3.63, 3.8) is 0 Å². The maximum absolute atomic E-state index is 12.3. The van der Waals surface area contributed by atoms with Crippen LogP contribution >= 0.6 is 0 Å². The minimum absolute atomic E-state index is 0.157. The van der Waals surface area contributed by atoms with Crippen LogP contribution in [0.3, 0.4) is 0 Å². The molecule has 0 heterocycles. The molecule has 0 saturated carbocycles. The fraction of sp³-hybridized carbons (Fsp3) is 0.222. The second-order valence-corrected chi connectivity index (χ2v) is 4.92. The van der Waals surface area contributed by atoms with E-state index in [1.54, 1.807) is 61.5 Å². The van der Waals surface area contributed by atoms with E-state index in [0.717, 1.165) is 0 Å². The highest BCUT2D eigenvalue weighted by molar-refractivity contribution is 5.94. The summed E-state index contributed by atoms with van der Waals surface area (Å²) in [7, 11) is 0. The first kappa shape index (κ1) is 16.7. The van der Waals surface area contributed by atoms with Gasteiger partial charge < -0.3 is 15.2 Å². The number of ether oxygens (including phenoxy) is 1. The van der Waals surface area contributed by atoms with Crippen molar-refractivity contribution in [1.82, 2.24) is 5.32 Å². The SMILES string of the molecule is CCOC(=O)[C@@H](O)C(NC(=O)c1ccccc1)c1ccccc1. The molecule has 1 unspecified atom stereocenters. The van der Waals surface area contributed by atoms with E-state index in [-0.39, 0.29) is 12.5 Å². The molecule has 23 heavy (non-hydrogen) atoms. The molecule has 120 valence electrons. The number of hydrogen-bond acceptors (Lipinski definition) is 4. The van der Waals surface area contributed by atoms with E-state index in [1.807, 2.05) is 6.07 Å². The van der Waals surface area contributed by atoms with Crippen LogP contribution in [0.4, 0.5) is 0 Å². The molecule has 2 aromatic carbocycles. The first-order chi connectivity index (χ1) is 11.1. The molecule has 0 aliphatic heterocycles. The van der Waals surface area contributed by atoms with Crippen LogP contribution < -0.4 is 5.32 Å². The van der Waals surface area contributed by atoms with Crippen molar-refractivity contribution in [2.45, 2.75) is 19.1 Å². The molecule has 2 aromatic rings. The van der Waals surface area contributed by atoms with Gasteiger partial charge in [-0.15, -0.1) is 0 Å². The molecule has 2 N–H and O–H groups in total. The fourth-order valence-electron chi connectivity index (χ4n) is 2.18. The monoisotopic (exact) mass is 313 g/mol. The van der Waals surface area contributed by atoms with E-state index >= 15 is 0 Å². The average Bonchev–Trinajstić information content (AvgIpc) is 2.60. The van der Waals surface area contributed by atoms with E-state index in [4.69, 9.17) is 4.74 Å². The molecular weight excluding hydrogens is 294 g/mol. The fourth-order valence-corrected chi connectivity index (χ4v) is 2.18. The zero-order valence-electron chi connectivity index (χ0n) is 12.8. The van der Waals surface area contributed by atoms with Crippen LogP contribution in [-0.4, -0.2) is 29.7 Å². The van der Waals surface area contributed by atoms with Gasteiger partial charge in [0, 0.05) is 5.56 Å². The Bertz CT molecular complexity index is 643. The first-order valence-corrected chi connectivity index (χ1v) is 7.39. The van der Waals surface area contributed by atoms with Crippen molar-refractivity contribution < 1.29 is 19.4 Å². The molecule has 0 saturated heterocycles. The van der Waals surface area contributed by atoms with Gasteiger partial charge in [0.25, 0.3) is 5.91 Å². The zero-order valence-corrected chi connectivity index (χ0v) is 12.8. The van der Waals surface area contributed by atoms with Gasteiger partial charge in [-0.05, 0) is 24.6 Å². The van der Waals surface area contributed by atoms with E-state index < -0.39 is 18.1 Å². The lowest BCUT2D eigenvalue weighted by Crippen LogP contribution is -2.41. The van der Waals surface area contributed by atoms with Gasteiger partial charge in [0.05, 0.1) is 12.6 Å². The van der Waals surface area contributed by atoms with Gasteiger partial charge in [-0.1, -0.05) is 48.5 Å². The molecule has 0 spiro atoms. The number of aliphatic hydroxyl groups excluding tert-OH is 1. The third-order valence-electron chi connectivity index (χ3n) is 3.33. The quantitative estimate of drug-likeness (QED) is 0.801. The summed E-state index contributed by atoms with van der Waals surface area (Å²) in [5, 5.41) is 13.0. The lowest BCUT2D eigenvalue weighted by molar-refractivity contribution is -0.154. The Labute approximate surface area is 134 Å². The van der Waals surface area contributed by atoms with Gasteiger partial charge in [-0.3, -0.25) is 4.79 Å². The van der Waals surface area contributed by atoms with Gasteiger partial charge in [0.1, 0.15) is 0 Å². The number of benzene rings is 2. The Balaban J connectivity index is 2.23. The highest BCUT2D eigenvalue weighted by Crippen LogP contribution is 2.19. The Morgan fingerprint density at radius 1 is 1.04 bits per heavy atom. The van der Waals surface area contributed by atoms with Gasteiger partial charge >= 0.3 is 5.97 Å². The summed E-state index contributed by atoms with van der Waals surface area (Å²) in [4.78, 5) is 24.2. The molecular formula is C18H19NO4. The molecule has 0 bridgehead atoms. The lowest BCUT2D eigenvalue weighted by atomic mass is 10.0. The molecule has 0 aliphatic rings. The van der Waals surface area contributed by atoms with Gasteiger partial charge in [-0.2, -0.15) is 0 Å². The Hall–Kier alpha value is -2.66. The maximum Gasteiger partial charge on any atom is 0.337 e. The molecule has 1 amide bonds. The third kappa shape index (κ3) is 4.40. The van der Waals surface area contributed by atoms with Crippen molar-refractivity contribution in [2.75, 3.05) is 6.61 Å². The second-order valence-electron chi connectivity index (χ2n) is 4.92. The number of rotatable bonds is 6. The summed E-state index contributed by atoms with van der Waals surface area (Å²) in [6.45, 7) is 1.81. The smallest absolute Gasteiger partial charge is 0.337 e. The number of carbonyl (C=O) groups is 2. The summed E-state index contributed by atoms with van der Waals surface area (Å²) < 4.78 is 4.85.